The monoisotopic (exact) mass is 220 g/mol. The second kappa shape index (κ2) is 4.35. The molecule has 0 aliphatic rings. The molecule has 1 aromatic heterocycles. The molecule has 1 amide bonds. The molecule has 86 valence electrons. The molecule has 0 atom stereocenters. The summed E-state index contributed by atoms with van der Waals surface area (Å²) in [7, 11) is 1.72. The van der Waals surface area contributed by atoms with E-state index in [1.807, 2.05) is 6.92 Å². The molecular weight excluding hydrogens is 204 g/mol. The highest BCUT2D eigenvalue weighted by Crippen LogP contribution is 2.11. The molecule has 0 bridgehead atoms. The van der Waals surface area contributed by atoms with Crippen molar-refractivity contribution >= 4 is 5.91 Å². The van der Waals surface area contributed by atoms with Crippen LogP contribution >= 0.6 is 0 Å². The Balaban J connectivity index is 2.68. The van der Waals surface area contributed by atoms with Gasteiger partial charge >= 0.3 is 0 Å². The molecule has 1 aromatic rings. The molecule has 0 spiro atoms. The van der Waals surface area contributed by atoms with E-state index in [4.69, 9.17) is 5.26 Å². The summed E-state index contributed by atoms with van der Waals surface area (Å²) in [5.74, 6) is -0.202. The molecule has 1 N–H and O–H groups in total. The fourth-order valence-electron chi connectivity index (χ4n) is 1.25. The molecule has 0 radical (unpaired) electrons. The molecule has 5 heteroatoms. The summed E-state index contributed by atoms with van der Waals surface area (Å²) in [5, 5.41) is 15.6. The molecule has 0 saturated carbocycles. The number of nitrogens with zero attached hydrogens (tertiary/aromatic N) is 3. The van der Waals surface area contributed by atoms with Gasteiger partial charge in [0.25, 0.3) is 5.91 Å². The Morgan fingerprint density at radius 3 is 2.75 bits per heavy atom. The van der Waals surface area contributed by atoms with E-state index in [1.165, 1.54) is 4.68 Å². The lowest BCUT2D eigenvalue weighted by molar-refractivity contribution is 0.0934. The first-order chi connectivity index (χ1) is 7.35. The van der Waals surface area contributed by atoms with Gasteiger partial charge in [-0.3, -0.25) is 9.48 Å². The van der Waals surface area contributed by atoms with Crippen molar-refractivity contribution in [3.63, 3.8) is 0 Å². The van der Waals surface area contributed by atoms with Crippen LogP contribution in [0.1, 0.15) is 30.0 Å². The zero-order valence-electron chi connectivity index (χ0n) is 10.0. The number of rotatable bonds is 3. The third-order valence-corrected chi connectivity index (χ3v) is 2.23. The van der Waals surface area contributed by atoms with Crippen molar-refractivity contribution in [2.75, 3.05) is 6.54 Å². The quantitative estimate of drug-likeness (QED) is 0.826. The third-order valence-electron chi connectivity index (χ3n) is 2.23. The summed E-state index contributed by atoms with van der Waals surface area (Å²) < 4.78 is 1.53. The zero-order valence-corrected chi connectivity index (χ0v) is 10.0. The SMILES string of the molecule is Cc1cc(C(=O)NCC(C)(C)C#N)n(C)n1. The highest BCUT2D eigenvalue weighted by atomic mass is 16.2. The lowest BCUT2D eigenvalue weighted by Crippen LogP contribution is -2.34. The summed E-state index contributed by atoms with van der Waals surface area (Å²) in [6, 6.07) is 3.85. The predicted octanol–water partition coefficient (Wildman–Crippen LogP) is 1.01. The van der Waals surface area contributed by atoms with Crippen molar-refractivity contribution in [1.29, 1.82) is 5.26 Å². The first kappa shape index (κ1) is 12.2. The van der Waals surface area contributed by atoms with Gasteiger partial charge in [0.15, 0.2) is 0 Å². The Morgan fingerprint density at radius 1 is 1.69 bits per heavy atom. The van der Waals surface area contributed by atoms with Gasteiger partial charge in [0.05, 0.1) is 17.2 Å². The van der Waals surface area contributed by atoms with E-state index in [-0.39, 0.29) is 5.91 Å². The number of carbonyl (C=O) groups excluding carboxylic acids is 1. The first-order valence-electron chi connectivity index (χ1n) is 5.06. The zero-order chi connectivity index (χ0) is 12.3. The Labute approximate surface area is 95.1 Å². The predicted molar refractivity (Wildman–Crippen MR) is 59.7 cm³/mol. The van der Waals surface area contributed by atoms with Crippen LogP contribution in [0.5, 0.6) is 0 Å². The van der Waals surface area contributed by atoms with Crippen LogP contribution in [0.2, 0.25) is 0 Å². The van der Waals surface area contributed by atoms with Crippen molar-refractivity contribution in [3.8, 4) is 6.07 Å². The van der Waals surface area contributed by atoms with Crippen LogP contribution in [0.25, 0.3) is 0 Å². The molecule has 1 heterocycles. The molecule has 0 aromatic carbocycles. The van der Waals surface area contributed by atoms with Crippen LogP contribution in [0.3, 0.4) is 0 Å². The van der Waals surface area contributed by atoms with Gasteiger partial charge in [0.2, 0.25) is 0 Å². The van der Waals surface area contributed by atoms with Crippen LogP contribution in [-0.2, 0) is 7.05 Å². The van der Waals surface area contributed by atoms with Crippen molar-refractivity contribution in [2.24, 2.45) is 12.5 Å². The number of nitrogens with one attached hydrogen (secondary N) is 1. The molecular formula is C11H16N4O. The first-order valence-corrected chi connectivity index (χ1v) is 5.06. The van der Waals surface area contributed by atoms with Crippen LogP contribution in [0.15, 0.2) is 6.07 Å². The standard InChI is InChI=1S/C11H16N4O/c1-8-5-9(15(4)14-8)10(16)13-7-11(2,3)6-12/h5H,7H2,1-4H3,(H,13,16). The summed E-state index contributed by atoms with van der Waals surface area (Å²) in [6.07, 6.45) is 0. The van der Waals surface area contributed by atoms with Gasteiger partial charge in [-0.05, 0) is 26.8 Å². The maximum absolute atomic E-state index is 11.8. The number of hydrogen-bond donors (Lipinski definition) is 1. The van der Waals surface area contributed by atoms with Gasteiger partial charge in [-0.2, -0.15) is 10.4 Å². The fraction of sp³-hybridized carbons (Fsp3) is 0.545. The maximum atomic E-state index is 11.8. The molecule has 16 heavy (non-hydrogen) atoms. The van der Waals surface area contributed by atoms with E-state index in [2.05, 4.69) is 16.5 Å². The van der Waals surface area contributed by atoms with Crippen LogP contribution in [0.4, 0.5) is 0 Å². The molecule has 0 fully saturated rings. The minimum absolute atomic E-state index is 0.202. The van der Waals surface area contributed by atoms with E-state index in [9.17, 15) is 4.79 Å². The van der Waals surface area contributed by atoms with Crippen LogP contribution in [0, 0.1) is 23.7 Å². The maximum Gasteiger partial charge on any atom is 0.269 e. The minimum atomic E-state index is -0.552. The van der Waals surface area contributed by atoms with Gasteiger partial charge in [-0.25, -0.2) is 0 Å². The van der Waals surface area contributed by atoms with Crippen molar-refractivity contribution in [1.82, 2.24) is 15.1 Å². The topological polar surface area (TPSA) is 70.7 Å². The van der Waals surface area contributed by atoms with Gasteiger partial charge in [0.1, 0.15) is 5.69 Å². The van der Waals surface area contributed by atoms with E-state index in [0.29, 0.717) is 12.2 Å². The number of amides is 1. The van der Waals surface area contributed by atoms with E-state index in [0.717, 1.165) is 5.69 Å². The highest BCUT2D eigenvalue weighted by molar-refractivity contribution is 5.92. The number of carbonyl (C=O) groups is 1. The second-order valence-electron chi connectivity index (χ2n) is 4.47. The van der Waals surface area contributed by atoms with Gasteiger partial charge < -0.3 is 5.32 Å². The molecule has 1 rings (SSSR count). The number of aromatic nitrogens is 2. The molecule has 0 aliphatic carbocycles. The van der Waals surface area contributed by atoms with Crippen LogP contribution in [-0.4, -0.2) is 22.2 Å². The smallest absolute Gasteiger partial charge is 0.269 e. The summed E-state index contributed by atoms with van der Waals surface area (Å²) in [5.41, 5.74) is 0.752. The highest BCUT2D eigenvalue weighted by Gasteiger charge is 2.19. The van der Waals surface area contributed by atoms with Gasteiger partial charge in [0, 0.05) is 13.6 Å². The minimum Gasteiger partial charge on any atom is -0.349 e. The average molecular weight is 220 g/mol. The third kappa shape index (κ3) is 2.83. The summed E-state index contributed by atoms with van der Waals surface area (Å²) in [6.45, 7) is 5.71. The second-order valence-corrected chi connectivity index (χ2v) is 4.47. The number of aryl methyl sites for hydroxylation is 2. The van der Waals surface area contributed by atoms with Gasteiger partial charge in [-0.1, -0.05) is 0 Å². The summed E-state index contributed by atoms with van der Waals surface area (Å²) >= 11 is 0. The summed E-state index contributed by atoms with van der Waals surface area (Å²) in [4.78, 5) is 11.8. The lowest BCUT2D eigenvalue weighted by atomic mass is 9.96. The van der Waals surface area contributed by atoms with Gasteiger partial charge in [-0.15, -0.1) is 0 Å². The number of nitriles is 1. The van der Waals surface area contributed by atoms with Crippen molar-refractivity contribution in [3.05, 3.63) is 17.5 Å². The Kier molecular flexibility index (Phi) is 3.33. The average Bonchev–Trinajstić information content (AvgIpc) is 2.54. The Bertz CT molecular complexity index is 439. The fourth-order valence-corrected chi connectivity index (χ4v) is 1.25. The van der Waals surface area contributed by atoms with E-state index < -0.39 is 5.41 Å². The van der Waals surface area contributed by atoms with E-state index >= 15 is 0 Å². The van der Waals surface area contributed by atoms with Crippen LogP contribution < -0.4 is 5.32 Å². The molecule has 0 unspecified atom stereocenters. The molecule has 0 saturated heterocycles. The Hall–Kier alpha value is -1.83. The number of hydrogen-bond acceptors (Lipinski definition) is 3. The molecule has 0 aliphatic heterocycles. The lowest BCUT2D eigenvalue weighted by Gasteiger charge is -2.15. The van der Waals surface area contributed by atoms with Crippen molar-refractivity contribution < 1.29 is 4.79 Å². The normalized spacial score (nSPS) is 10.9. The van der Waals surface area contributed by atoms with Crippen molar-refractivity contribution in [2.45, 2.75) is 20.8 Å². The largest absolute Gasteiger partial charge is 0.349 e. The van der Waals surface area contributed by atoms with E-state index in [1.54, 1.807) is 27.0 Å². The Morgan fingerprint density at radius 2 is 2.31 bits per heavy atom. The molecule has 5 nitrogen and oxygen atoms in total.